The highest BCUT2D eigenvalue weighted by molar-refractivity contribution is 5.71. The van der Waals surface area contributed by atoms with E-state index in [0.29, 0.717) is 12.3 Å². The van der Waals surface area contributed by atoms with Crippen molar-refractivity contribution < 1.29 is 9.53 Å². The molecule has 0 saturated carbocycles. The topological polar surface area (TPSA) is 32.8 Å². The number of likely N-dealkylation sites (tertiary alicyclic amines) is 1. The first-order valence-electron chi connectivity index (χ1n) is 11.0. The van der Waals surface area contributed by atoms with Gasteiger partial charge in [0.2, 0.25) is 0 Å². The Labute approximate surface area is 174 Å². The fraction of sp³-hybridized carbons (Fsp3) is 0.480. The third kappa shape index (κ3) is 4.81. The largest absolute Gasteiger partial charge is 0.469 e. The second-order valence-electron chi connectivity index (χ2n) is 8.35. The first-order chi connectivity index (χ1) is 14.2. The van der Waals surface area contributed by atoms with Crippen LogP contribution in [0.5, 0.6) is 0 Å². The van der Waals surface area contributed by atoms with Gasteiger partial charge in [-0.2, -0.15) is 0 Å². The van der Waals surface area contributed by atoms with Gasteiger partial charge in [0.25, 0.3) is 0 Å². The van der Waals surface area contributed by atoms with Gasteiger partial charge in [0, 0.05) is 30.9 Å². The summed E-state index contributed by atoms with van der Waals surface area (Å²) in [6.07, 6.45) is 6.25. The fourth-order valence-corrected chi connectivity index (χ4v) is 4.82. The van der Waals surface area contributed by atoms with Crippen molar-refractivity contribution in [3.63, 3.8) is 0 Å². The summed E-state index contributed by atoms with van der Waals surface area (Å²) in [6.45, 7) is 4.31. The number of methoxy groups -OCH3 is 1. The zero-order valence-corrected chi connectivity index (χ0v) is 17.5. The molecule has 4 nitrogen and oxygen atoms in total. The molecule has 2 aromatic carbocycles. The van der Waals surface area contributed by atoms with Crippen LogP contribution in [0.15, 0.2) is 48.5 Å². The van der Waals surface area contributed by atoms with Gasteiger partial charge in [-0.3, -0.25) is 4.79 Å². The average molecular weight is 393 g/mol. The van der Waals surface area contributed by atoms with Gasteiger partial charge in [0.1, 0.15) is 0 Å². The Morgan fingerprint density at radius 2 is 1.59 bits per heavy atom. The molecule has 2 aliphatic heterocycles. The first kappa shape index (κ1) is 20.0. The molecular weight excluding hydrogens is 360 g/mol. The number of carbonyl (C=O) groups is 1. The quantitative estimate of drug-likeness (QED) is 0.510. The summed E-state index contributed by atoms with van der Waals surface area (Å²) in [5.41, 5.74) is 5.65. The number of aryl methyl sites for hydroxylation is 2. The Kier molecular flexibility index (Phi) is 6.50. The van der Waals surface area contributed by atoms with E-state index in [0.717, 1.165) is 45.4 Å². The van der Waals surface area contributed by atoms with E-state index in [1.165, 1.54) is 42.5 Å². The van der Waals surface area contributed by atoms with Crippen molar-refractivity contribution in [3.8, 4) is 0 Å². The van der Waals surface area contributed by atoms with Crippen molar-refractivity contribution in [2.75, 3.05) is 38.2 Å². The molecule has 1 atom stereocenters. The van der Waals surface area contributed by atoms with Gasteiger partial charge in [-0.1, -0.05) is 36.4 Å². The lowest BCUT2D eigenvalue weighted by Crippen LogP contribution is -2.24. The molecule has 4 rings (SSSR count). The van der Waals surface area contributed by atoms with E-state index in [1.54, 1.807) is 0 Å². The van der Waals surface area contributed by atoms with Gasteiger partial charge in [0.15, 0.2) is 0 Å². The standard InChI is InChI=1S/C25H32N2O2/c1-29-25(28)18-20-14-17-26(19-20)15-6-7-16-27-23-10-4-2-8-21(23)12-13-22-9-3-5-11-24(22)27/h2-5,8-11,20H,6-7,12-19H2,1H3/t20-/m1/s1. The average Bonchev–Trinajstić information content (AvgIpc) is 3.13. The van der Waals surface area contributed by atoms with Gasteiger partial charge in [-0.15, -0.1) is 0 Å². The summed E-state index contributed by atoms with van der Waals surface area (Å²) in [4.78, 5) is 16.5. The molecule has 2 heterocycles. The summed E-state index contributed by atoms with van der Waals surface area (Å²) >= 11 is 0. The summed E-state index contributed by atoms with van der Waals surface area (Å²) in [6, 6.07) is 17.7. The summed E-state index contributed by atoms with van der Waals surface area (Å²) < 4.78 is 4.82. The number of benzene rings is 2. The predicted octanol–water partition coefficient (Wildman–Crippen LogP) is 4.59. The van der Waals surface area contributed by atoms with Crippen LogP contribution in [0.1, 0.15) is 36.8 Å². The lowest BCUT2D eigenvalue weighted by molar-refractivity contribution is -0.141. The number of hydrogen-bond donors (Lipinski definition) is 0. The number of carbonyl (C=O) groups excluding carboxylic acids is 1. The predicted molar refractivity (Wildman–Crippen MR) is 118 cm³/mol. The van der Waals surface area contributed by atoms with Crippen molar-refractivity contribution in [1.29, 1.82) is 0 Å². The lowest BCUT2D eigenvalue weighted by atomic mass is 10.0. The van der Waals surface area contributed by atoms with E-state index in [2.05, 4.69) is 58.3 Å². The number of anilines is 2. The molecule has 0 spiro atoms. The number of ether oxygens (including phenoxy) is 1. The third-order valence-electron chi connectivity index (χ3n) is 6.39. The number of esters is 1. The second kappa shape index (κ2) is 9.45. The maximum atomic E-state index is 11.5. The summed E-state index contributed by atoms with van der Waals surface area (Å²) in [5.74, 6) is 0.391. The van der Waals surface area contributed by atoms with Crippen molar-refractivity contribution in [3.05, 3.63) is 59.7 Å². The van der Waals surface area contributed by atoms with Crippen LogP contribution >= 0.6 is 0 Å². The summed E-state index contributed by atoms with van der Waals surface area (Å²) in [7, 11) is 1.48. The summed E-state index contributed by atoms with van der Waals surface area (Å²) in [5, 5.41) is 0. The molecule has 1 fully saturated rings. The Hall–Kier alpha value is -2.33. The van der Waals surface area contributed by atoms with E-state index >= 15 is 0 Å². The zero-order valence-electron chi connectivity index (χ0n) is 17.5. The SMILES string of the molecule is COC(=O)C[C@H]1CCN(CCCCN2c3ccccc3CCc3ccccc32)C1. The number of nitrogens with zero attached hydrogens (tertiary/aromatic N) is 2. The molecule has 0 aromatic heterocycles. The Balaban J connectivity index is 1.34. The van der Waals surface area contributed by atoms with E-state index in [-0.39, 0.29) is 5.97 Å². The van der Waals surface area contributed by atoms with Crippen molar-refractivity contribution in [1.82, 2.24) is 4.90 Å². The van der Waals surface area contributed by atoms with Gasteiger partial charge in [-0.05, 0) is 74.4 Å². The molecule has 0 bridgehead atoms. The molecular formula is C25H32N2O2. The van der Waals surface area contributed by atoms with Crippen LogP contribution in [-0.4, -0.2) is 44.2 Å². The molecule has 0 N–H and O–H groups in total. The molecule has 1 saturated heterocycles. The highest BCUT2D eigenvalue weighted by Gasteiger charge is 2.25. The number of rotatable bonds is 7. The smallest absolute Gasteiger partial charge is 0.305 e. The van der Waals surface area contributed by atoms with Gasteiger partial charge < -0.3 is 14.5 Å². The molecule has 0 aliphatic carbocycles. The molecule has 0 amide bonds. The molecule has 2 aromatic rings. The fourth-order valence-electron chi connectivity index (χ4n) is 4.82. The van der Waals surface area contributed by atoms with Crippen LogP contribution in [0, 0.1) is 5.92 Å². The Morgan fingerprint density at radius 1 is 0.966 bits per heavy atom. The maximum absolute atomic E-state index is 11.5. The van der Waals surface area contributed by atoms with Gasteiger partial charge >= 0.3 is 5.97 Å². The van der Waals surface area contributed by atoms with E-state index < -0.39 is 0 Å². The van der Waals surface area contributed by atoms with Gasteiger partial charge in [-0.25, -0.2) is 0 Å². The van der Waals surface area contributed by atoms with Crippen LogP contribution in [-0.2, 0) is 22.4 Å². The van der Waals surface area contributed by atoms with Crippen molar-refractivity contribution >= 4 is 17.3 Å². The third-order valence-corrected chi connectivity index (χ3v) is 6.39. The van der Waals surface area contributed by atoms with E-state index in [9.17, 15) is 4.79 Å². The number of para-hydroxylation sites is 2. The number of unbranched alkanes of at least 4 members (excludes halogenated alkanes) is 1. The minimum absolute atomic E-state index is 0.0738. The normalized spacial score (nSPS) is 18.8. The first-order valence-corrected chi connectivity index (χ1v) is 11.0. The number of hydrogen-bond acceptors (Lipinski definition) is 4. The molecule has 0 unspecified atom stereocenters. The maximum Gasteiger partial charge on any atom is 0.305 e. The Bertz CT molecular complexity index is 788. The lowest BCUT2D eigenvalue weighted by Gasteiger charge is -2.27. The van der Waals surface area contributed by atoms with Gasteiger partial charge in [0.05, 0.1) is 7.11 Å². The van der Waals surface area contributed by atoms with E-state index in [4.69, 9.17) is 4.74 Å². The van der Waals surface area contributed by atoms with Crippen molar-refractivity contribution in [2.24, 2.45) is 5.92 Å². The van der Waals surface area contributed by atoms with Crippen LogP contribution in [0.2, 0.25) is 0 Å². The van der Waals surface area contributed by atoms with Crippen LogP contribution in [0.3, 0.4) is 0 Å². The molecule has 154 valence electrons. The molecule has 4 heteroatoms. The van der Waals surface area contributed by atoms with Crippen LogP contribution < -0.4 is 4.90 Å². The Morgan fingerprint density at radius 3 is 2.24 bits per heavy atom. The second-order valence-corrected chi connectivity index (χ2v) is 8.35. The minimum atomic E-state index is -0.0738. The highest BCUT2D eigenvalue weighted by atomic mass is 16.5. The zero-order chi connectivity index (χ0) is 20.1. The molecule has 0 radical (unpaired) electrons. The van der Waals surface area contributed by atoms with Crippen molar-refractivity contribution in [2.45, 2.75) is 38.5 Å². The highest BCUT2D eigenvalue weighted by Crippen LogP contribution is 2.36. The van der Waals surface area contributed by atoms with Crippen LogP contribution in [0.4, 0.5) is 11.4 Å². The molecule has 2 aliphatic rings. The monoisotopic (exact) mass is 392 g/mol. The minimum Gasteiger partial charge on any atom is -0.469 e. The van der Waals surface area contributed by atoms with E-state index in [1.807, 2.05) is 0 Å². The molecule has 29 heavy (non-hydrogen) atoms. The van der Waals surface area contributed by atoms with Crippen LogP contribution in [0.25, 0.3) is 0 Å². The number of fused-ring (bicyclic) bond motifs is 2.